The van der Waals surface area contributed by atoms with Gasteiger partial charge in [0.05, 0.1) is 0 Å². The van der Waals surface area contributed by atoms with E-state index in [2.05, 4.69) is 4.74 Å². The van der Waals surface area contributed by atoms with E-state index in [0.29, 0.717) is 13.0 Å². The van der Waals surface area contributed by atoms with Crippen molar-refractivity contribution in [2.45, 2.75) is 12.8 Å². The molecule has 0 aromatic heterocycles. The Labute approximate surface area is 53.3 Å². The molecule has 0 aliphatic carbocycles. The Kier molecular flexibility index (Phi) is 5.41. The standard InChI is InChI=1S/C6H9F2O/c1-9-5-3-2-4-6(7)8/h2-3,5H2,1H3. The maximum Gasteiger partial charge on any atom is 0.273 e. The Balaban J connectivity index is 3.00. The lowest BCUT2D eigenvalue weighted by Gasteiger charge is -1.91. The van der Waals surface area contributed by atoms with Crippen LogP contribution in [0.5, 0.6) is 0 Å². The van der Waals surface area contributed by atoms with Crippen molar-refractivity contribution in [2.24, 2.45) is 0 Å². The molecule has 0 spiro atoms. The Morgan fingerprint density at radius 3 is 2.67 bits per heavy atom. The van der Waals surface area contributed by atoms with Crippen LogP contribution in [0, 0.1) is 6.08 Å². The number of ether oxygens (including phenoxy) is 1. The molecule has 0 amide bonds. The number of unbranched alkanes of at least 4 members (excludes halogenated alkanes) is 1. The summed E-state index contributed by atoms with van der Waals surface area (Å²) in [6, 6.07) is 0. The fraction of sp³-hybridized carbons (Fsp3) is 0.667. The van der Waals surface area contributed by atoms with Crippen LogP contribution in [0.1, 0.15) is 12.8 Å². The maximum atomic E-state index is 11.2. The van der Waals surface area contributed by atoms with Crippen LogP contribution in [0.25, 0.3) is 0 Å². The predicted octanol–water partition coefficient (Wildman–Crippen LogP) is 2.00. The van der Waals surface area contributed by atoms with E-state index in [0.717, 1.165) is 0 Å². The molecule has 3 heteroatoms. The fourth-order valence-electron chi connectivity index (χ4n) is 0.399. The Bertz CT molecular complexity index is 87.1. The summed E-state index contributed by atoms with van der Waals surface area (Å²) in [5.41, 5.74) is 0. The average Bonchev–Trinajstić information content (AvgIpc) is 1.80. The third-order valence-corrected chi connectivity index (χ3v) is 0.784. The molecule has 0 bridgehead atoms. The molecule has 0 heterocycles. The molecule has 0 atom stereocenters. The highest BCUT2D eigenvalue weighted by molar-refractivity contribution is 4.69. The summed E-state index contributed by atoms with van der Waals surface area (Å²) in [6.45, 7) is 0.514. The van der Waals surface area contributed by atoms with Gasteiger partial charge >= 0.3 is 0 Å². The van der Waals surface area contributed by atoms with Gasteiger partial charge in [0.1, 0.15) is 0 Å². The van der Waals surface area contributed by atoms with E-state index in [9.17, 15) is 8.78 Å². The molecule has 0 aromatic carbocycles. The van der Waals surface area contributed by atoms with Gasteiger partial charge in [0.15, 0.2) is 0 Å². The smallest absolute Gasteiger partial charge is 0.273 e. The second-order valence-corrected chi connectivity index (χ2v) is 1.53. The summed E-state index contributed by atoms with van der Waals surface area (Å²) in [4.78, 5) is 0. The SMILES string of the molecule is COCCC[C]=C(F)F. The minimum atomic E-state index is -1.73. The summed E-state index contributed by atoms with van der Waals surface area (Å²) >= 11 is 0. The summed E-state index contributed by atoms with van der Waals surface area (Å²) in [5, 5.41) is 0. The first-order chi connectivity index (χ1) is 4.27. The van der Waals surface area contributed by atoms with Gasteiger partial charge in [-0.3, -0.25) is 0 Å². The van der Waals surface area contributed by atoms with Crippen LogP contribution >= 0.6 is 0 Å². The molecule has 0 saturated carbocycles. The molecule has 53 valence electrons. The van der Waals surface area contributed by atoms with Crippen molar-refractivity contribution >= 4 is 0 Å². The van der Waals surface area contributed by atoms with Gasteiger partial charge in [-0.25, -0.2) is 0 Å². The molecule has 0 fully saturated rings. The van der Waals surface area contributed by atoms with Gasteiger partial charge in [0.25, 0.3) is 6.08 Å². The lowest BCUT2D eigenvalue weighted by molar-refractivity contribution is 0.195. The second kappa shape index (κ2) is 5.69. The van der Waals surface area contributed by atoms with E-state index in [1.165, 1.54) is 7.11 Å². The van der Waals surface area contributed by atoms with E-state index < -0.39 is 6.08 Å². The van der Waals surface area contributed by atoms with Gasteiger partial charge in [0.2, 0.25) is 0 Å². The lowest BCUT2D eigenvalue weighted by Crippen LogP contribution is -1.85. The third kappa shape index (κ3) is 7.56. The molecular weight excluding hydrogens is 126 g/mol. The molecule has 0 saturated heterocycles. The zero-order valence-electron chi connectivity index (χ0n) is 5.29. The molecule has 9 heavy (non-hydrogen) atoms. The normalized spacial score (nSPS) is 9.22. The molecule has 0 N–H and O–H groups in total. The third-order valence-electron chi connectivity index (χ3n) is 0.784. The summed E-state index contributed by atoms with van der Waals surface area (Å²) in [7, 11) is 1.54. The first-order valence-corrected chi connectivity index (χ1v) is 2.68. The first-order valence-electron chi connectivity index (χ1n) is 2.68. The van der Waals surface area contributed by atoms with Crippen molar-refractivity contribution < 1.29 is 13.5 Å². The summed E-state index contributed by atoms with van der Waals surface area (Å²) in [5.74, 6) is 0. The highest BCUT2D eigenvalue weighted by Gasteiger charge is 1.87. The number of methoxy groups -OCH3 is 1. The zero-order chi connectivity index (χ0) is 7.11. The van der Waals surface area contributed by atoms with Crippen molar-refractivity contribution in [3.63, 3.8) is 0 Å². The minimum absolute atomic E-state index is 0.274. The van der Waals surface area contributed by atoms with Crippen LogP contribution in [0.3, 0.4) is 0 Å². The van der Waals surface area contributed by atoms with Gasteiger partial charge < -0.3 is 4.74 Å². The van der Waals surface area contributed by atoms with E-state index in [4.69, 9.17) is 0 Å². The summed E-state index contributed by atoms with van der Waals surface area (Å²) in [6.07, 6.45) is 1.03. The molecule has 0 rings (SSSR count). The molecule has 1 radical (unpaired) electrons. The van der Waals surface area contributed by atoms with Crippen molar-refractivity contribution in [2.75, 3.05) is 13.7 Å². The molecular formula is C6H9F2O. The lowest BCUT2D eigenvalue weighted by atomic mass is 10.3. The van der Waals surface area contributed by atoms with Crippen LogP contribution in [0.15, 0.2) is 6.08 Å². The highest BCUT2D eigenvalue weighted by Crippen LogP contribution is 1.99. The molecule has 0 aliphatic rings. The van der Waals surface area contributed by atoms with Crippen molar-refractivity contribution in [3.05, 3.63) is 12.2 Å². The molecule has 1 nitrogen and oxygen atoms in total. The van der Waals surface area contributed by atoms with Crippen molar-refractivity contribution in [1.82, 2.24) is 0 Å². The minimum Gasteiger partial charge on any atom is -0.385 e. The Morgan fingerprint density at radius 1 is 1.56 bits per heavy atom. The molecule has 0 unspecified atom stereocenters. The fourth-order valence-corrected chi connectivity index (χ4v) is 0.399. The number of hydrogen-bond donors (Lipinski definition) is 0. The average molecular weight is 135 g/mol. The van der Waals surface area contributed by atoms with Crippen molar-refractivity contribution in [3.8, 4) is 0 Å². The van der Waals surface area contributed by atoms with Gasteiger partial charge in [-0.1, -0.05) is 0 Å². The quantitative estimate of drug-likeness (QED) is 0.535. The number of allylic oxidation sites excluding steroid dienone is 1. The zero-order valence-corrected chi connectivity index (χ0v) is 5.29. The number of hydrogen-bond acceptors (Lipinski definition) is 1. The van der Waals surface area contributed by atoms with E-state index in [1.807, 2.05) is 6.08 Å². The maximum absolute atomic E-state index is 11.2. The topological polar surface area (TPSA) is 9.23 Å². The van der Waals surface area contributed by atoms with E-state index in [-0.39, 0.29) is 6.42 Å². The largest absolute Gasteiger partial charge is 0.385 e. The van der Waals surface area contributed by atoms with Crippen molar-refractivity contribution in [1.29, 1.82) is 0 Å². The summed E-state index contributed by atoms with van der Waals surface area (Å²) < 4.78 is 27.1. The van der Waals surface area contributed by atoms with Crippen LogP contribution in [-0.4, -0.2) is 13.7 Å². The monoisotopic (exact) mass is 135 g/mol. The van der Waals surface area contributed by atoms with Gasteiger partial charge in [-0.2, -0.15) is 8.78 Å². The van der Waals surface area contributed by atoms with E-state index in [1.54, 1.807) is 0 Å². The number of halogens is 2. The predicted molar refractivity (Wildman–Crippen MR) is 30.1 cm³/mol. The van der Waals surface area contributed by atoms with Gasteiger partial charge in [-0.15, -0.1) is 0 Å². The molecule has 0 aromatic rings. The Morgan fingerprint density at radius 2 is 2.22 bits per heavy atom. The van der Waals surface area contributed by atoms with Crippen LogP contribution in [0.2, 0.25) is 0 Å². The van der Waals surface area contributed by atoms with Crippen LogP contribution in [0.4, 0.5) is 8.78 Å². The highest BCUT2D eigenvalue weighted by atomic mass is 19.3. The molecule has 0 aliphatic heterocycles. The first kappa shape index (κ1) is 8.56. The van der Waals surface area contributed by atoms with E-state index >= 15 is 0 Å². The van der Waals surface area contributed by atoms with Crippen LogP contribution < -0.4 is 0 Å². The Hall–Kier alpha value is -0.440. The van der Waals surface area contributed by atoms with Gasteiger partial charge in [-0.05, 0) is 12.8 Å². The number of rotatable bonds is 4. The van der Waals surface area contributed by atoms with Gasteiger partial charge in [0, 0.05) is 19.8 Å². The van der Waals surface area contributed by atoms with Crippen LogP contribution in [-0.2, 0) is 4.74 Å². The second-order valence-electron chi connectivity index (χ2n) is 1.53.